The summed E-state index contributed by atoms with van der Waals surface area (Å²) in [4.78, 5) is 1.63. The lowest BCUT2D eigenvalue weighted by atomic mass is 10.1. The Kier molecular flexibility index (Phi) is 3.26. The highest BCUT2D eigenvalue weighted by molar-refractivity contribution is 7.86. The minimum Gasteiger partial charge on any atom is -0.377 e. The maximum Gasteiger partial charge on any atom is 0.291 e. The lowest BCUT2D eigenvalue weighted by Crippen LogP contribution is -2.40. The molecular formula is C9H13N3O3S. The highest BCUT2D eigenvalue weighted by atomic mass is 32.2. The van der Waals surface area contributed by atoms with Gasteiger partial charge in [0.15, 0.2) is 5.37 Å². The van der Waals surface area contributed by atoms with Crippen molar-refractivity contribution in [3.63, 3.8) is 0 Å². The third-order valence-electron chi connectivity index (χ3n) is 2.15. The molecule has 0 aromatic carbocycles. The molecule has 1 atom stereocenters. The minimum absolute atomic E-state index is 0.0156. The first kappa shape index (κ1) is 12.5. The van der Waals surface area contributed by atoms with Gasteiger partial charge in [0, 0.05) is 19.8 Å². The van der Waals surface area contributed by atoms with Crippen molar-refractivity contribution in [1.29, 1.82) is 5.26 Å². The Morgan fingerprint density at radius 3 is 2.50 bits per heavy atom. The smallest absolute Gasteiger partial charge is 0.291 e. The molecule has 0 saturated carbocycles. The Balaban J connectivity index is 3.39. The number of hydrogen-bond acceptors (Lipinski definition) is 5. The Labute approximate surface area is 94.6 Å². The summed E-state index contributed by atoms with van der Waals surface area (Å²) in [5.41, 5.74) is 1.03. The van der Waals surface area contributed by atoms with Crippen LogP contribution in [-0.4, -0.2) is 37.3 Å². The van der Waals surface area contributed by atoms with Crippen LogP contribution in [0.25, 0.3) is 0 Å². The Morgan fingerprint density at radius 2 is 2.12 bits per heavy atom. The van der Waals surface area contributed by atoms with E-state index < -0.39 is 15.5 Å². The van der Waals surface area contributed by atoms with E-state index in [9.17, 15) is 8.42 Å². The molecule has 0 spiro atoms. The van der Waals surface area contributed by atoms with Crippen LogP contribution in [-0.2, 0) is 10.1 Å². The van der Waals surface area contributed by atoms with Crippen molar-refractivity contribution in [2.45, 2.75) is 12.3 Å². The van der Waals surface area contributed by atoms with Gasteiger partial charge in [-0.3, -0.25) is 4.55 Å². The van der Waals surface area contributed by atoms with Crippen LogP contribution >= 0.6 is 0 Å². The van der Waals surface area contributed by atoms with Crippen molar-refractivity contribution in [2.75, 3.05) is 14.1 Å². The average molecular weight is 243 g/mol. The van der Waals surface area contributed by atoms with Crippen LogP contribution in [0, 0.1) is 11.3 Å². The van der Waals surface area contributed by atoms with E-state index in [2.05, 4.69) is 5.32 Å². The van der Waals surface area contributed by atoms with E-state index in [0.29, 0.717) is 11.4 Å². The summed E-state index contributed by atoms with van der Waals surface area (Å²) in [6.07, 6.45) is 1.65. The molecule has 0 radical (unpaired) electrons. The Bertz CT molecular complexity index is 497. The normalized spacial score (nSPS) is 20.9. The molecular weight excluding hydrogens is 230 g/mol. The van der Waals surface area contributed by atoms with Gasteiger partial charge < -0.3 is 10.2 Å². The molecule has 88 valence electrons. The van der Waals surface area contributed by atoms with Crippen LogP contribution in [0.3, 0.4) is 0 Å². The second kappa shape index (κ2) is 4.15. The van der Waals surface area contributed by atoms with Gasteiger partial charge in [-0.05, 0) is 13.0 Å². The van der Waals surface area contributed by atoms with Gasteiger partial charge in [0.05, 0.1) is 11.3 Å². The number of hydrogen-bond donors (Lipinski definition) is 2. The summed E-state index contributed by atoms with van der Waals surface area (Å²) in [5, 5.41) is 10.1. The maximum absolute atomic E-state index is 11.1. The number of nitriles is 1. The van der Waals surface area contributed by atoms with Gasteiger partial charge in [0.1, 0.15) is 6.07 Å². The van der Waals surface area contributed by atoms with Crippen LogP contribution in [0.4, 0.5) is 0 Å². The molecule has 0 fully saturated rings. The lowest BCUT2D eigenvalue weighted by Gasteiger charge is -2.27. The maximum atomic E-state index is 11.1. The second-order valence-electron chi connectivity index (χ2n) is 3.67. The van der Waals surface area contributed by atoms with Crippen molar-refractivity contribution in [3.05, 3.63) is 23.0 Å². The fraction of sp³-hybridized carbons (Fsp3) is 0.444. The Morgan fingerprint density at radius 1 is 1.56 bits per heavy atom. The topological polar surface area (TPSA) is 93.4 Å². The van der Waals surface area contributed by atoms with Gasteiger partial charge in [-0.25, -0.2) is 0 Å². The molecule has 1 aliphatic heterocycles. The number of nitrogens with zero attached hydrogens (tertiary/aromatic N) is 2. The Hall–Kier alpha value is -1.52. The minimum atomic E-state index is -4.35. The van der Waals surface area contributed by atoms with Crippen LogP contribution in [0.5, 0.6) is 0 Å². The van der Waals surface area contributed by atoms with Crippen LogP contribution in [0.1, 0.15) is 6.92 Å². The zero-order chi connectivity index (χ0) is 12.5. The highest BCUT2D eigenvalue weighted by Gasteiger charge is 2.32. The quantitative estimate of drug-likeness (QED) is 0.665. The molecule has 1 aliphatic rings. The number of allylic oxidation sites excluding steroid dienone is 2. The predicted octanol–water partition coefficient (Wildman–Crippen LogP) is 0.0466. The third kappa shape index (κ3) is 2.35. The van der Waals surface area contributed by atoms with Crippen LogP contribution in [0.15, 0.2) is 23.0 Å². The largest absolute Gasteiger partial charge is 0.377 e. The fourth-order valence-corrected chi connectivity index (χ4v) is 2.25. The van der Waals surface area contributed by atoms with E-state index >= 15 is 0 Å². The molecule has 0 bridgehead atoms. The summed E-state index contributed by atoms with van der Waals surface area (Å²) >= 11 is 0. The van der Waals surface area contributed by atoms with E-state index in [-0.39, 0.29) is 5.57 Å². The fourth-order valence-electron chi connectivity index (χ4n) is 1.45. The summed E-state index contributed by atoms with van der Waals surface area (Å²) in [6.45, 7) is 1.66. The highest BCUT2D eigenvalue weighted by Crippen LogP contribution is 2.22. The zero-order valence-corrected chi connectivity index (χ0v) is 10.0. The first-order valence-electron chi connectivity index (χ1n) is 4.50. The summed E-state index contributed by atoms with van der Waals surface area (Å²) < 4.78 is 31.3. The van der Waals surface area contributed by atoms with Crippen molar-refractivity contribution in [2.24, 2.45) is 0 Å². The molecule has 0 aliphatic carbocycles. The summed E-state index contributed by atoms with van der Waals surface area (Å²) in [6, 6.07) is 1.80. The van der Waals surface area contributed by atoms with Crippen molar-refractivity contribution < 1.29 is 13.0 Å². The van der Waals surface area contributed by atoms with Gasteiger partial charge in [-0.1, -0.05) is 0 Å². The van der Waals surface area contributed by atoms with E-state index in [1.165, 1.54) is 0 Å². The zero-order valence-electron chi connectivity index (χ0n) is 9.22. The molecule has 6 nitrogen and oxygen atoms in total. The molecule has 0 saturated heterocycles. The number of likely N-dealkylation sites (N-methyl/N-ethyl adjacent to an activating group) is 1. The molecule has 1 rings (SSSR count). The molecule has 1 unspecified atom stereocenters. The molecule has 0 amide bonds. The first-order chi connectivity index (χ1) is 7.27. The standard InChI is InChI=1S/C9H13N3O3S/c1-6-4-8(12(2)3)7(5-10)9(11-6)16(13,14)15/h4,9,11H,1-3H3,(H,13,14,15). The number of rotatable bonds is 2. The molecule has 0 aromatic rings. The van der Waals surface area contributed by atoms with E-state index in [0.717, 1.165) is 0 Å². The molecule has 16 heavy (non-hydrogen) atoms. The molecule has 1 heterocycles. The van der Waals surface area contributed by atoms with Crippen LogP contribution < -0.4 is 5.32 Å². The second-order valence-corrected chi connectivity index (χ2v) is 5.17. The van der Waals surface area contributed by atoms with Gasteiger partial charge in [0.2, 0.25) is 0 Å². The molecule has 7 heteroatoms. The molecule has 0 aromatic heterocycles. The molecule has 2 N–H and O–H groups in total. The van der Waals surface area contributed by atoms with Crippen molar-refractivity contribution >= 4 is 10.1 Å². The van der Waals surface area contributed by atoms with E-state index in [4.69, 9.17) is 9.81 Å². The lowest BCUT2D eigenvalue weighted by molar-refractivity contribution is 0.459. The van der Waals surface area contributed by atoms with Crippen molar-refractivity contribution in [3.8, 4) is 6.07 Å². The monoisotopic (exact) mass is 243 g/mol. The van der Waals surface area contributed by atoms with Crippen LogP contribution in [0.2, 0.25) is 0 Å². The first-order valence-corrected chi connectivity index (χ1v) is 6.00. The third-order valence-corrected chi connectivity index (χ3v) is 3.10. The van der Waals surface area contributed by atoms with Crippen molar-refractivity contribution in [1.82, 2.24) is 10.2 Å². The van der Waals surface area contributed by atoms with E-state index in [1.54, 1.807) is 38.1 Å². The SMILES string of the molecule is CC1=CC(N(C)C)=C(C#N)C(S(=O)(=O)O)N1. The van der Waals surface area contributed by atoms with E-state index in [1.807, 2.05) is 0 Å². The predicted molar refractivity (Wildman–Crippen MR) is 58.6 cm³/mol. The van der Waals surface area contributed by atoms with Gasteiger partial charge in [-0.2, -0.15) is 13.7 Å². The number of dihydropyridines is 1. The number of nitrogens with one attached hydrogen (secondary N) is 1. The van der Waals surface area contributed by atoms with Gasteiger partial charge in [0.25, 0.3) is 10.1 Å². The van der Waals surface area contributed by atoms with Gasteiger partial charge in [-0.15, -0.1) is 0 Å². The van der Waals surface area contributed by atoms with Gasteiger partial charge >= 0.3 is 0 Å². The summed E-state index contributed by atoms with van der Waals surface area (Å²) in [7, 11) is -0.951. The average Bonchev–Trinajstić information content (AvgIpc) is 2.14. The summed E-state index contributed by atoms with van der Waals surface area (Å²) in [5.74, 6) is 0.